The van der Waals surface area contributed by atoms with Crippen molar-refractivity contribution in [3.8, 4) is 0 Å². The van der Waals surface area contributed by atoms with E-state index < -0.39 is 0 Å². The number of hydrogen-bond acceptors (Lipinski definition) is 3. The minimum atomic E-state index is -0.294. The average molecular weight is 348 g/mol. The predicted octanol–water partition coefficient (Wildman–Crippen LogP) is 3.53. The number of para-hydroxylation sites is 1. The monoisotopic (exact) mass is 348 g/mol. The molecule has 4 heteroatoms. The van der Waals surface area contributed by atoms with Crippen molar-refractivity contribution in [3.63, 3.8) is 0 Å². The second-order valence-corrected chi connectivity index (χ2v) is 6.95. The zero-order valence-electron chi connectivity index (χ0n) is 14.8. The van der Waals surface area contributed by atoms with Gasteiger partial charge >= 0.3 is 0 Å². The highest BCUT2D eigenvalue weighted by Crippen LogP contribution is 2.23. The third-order valence-electron chi connectivity index (χ3n) is 5.25. The molecule has 1 heterocycles. The molecule has 0 saturated heterocycles. The lowest BCUT2D eigenvalue weighted by atomic mass is 10.0. The Bertz CT molecular complexity index is 900. The Kier molecular flexibility index (Phi) is 5.02. The van der Waals surface area contributed by atoms with E-state index in [0.29, 0.717) is 12.9 Å². The molecule has 0 bridgehead atoms. The standard InChI is InChI=1S/C22H24N2O2/c25-15-26-22(13-16-8-9-17-4-3-5-18(17)12-16)23-11-10-19-14-24-21-7-2-1-6-20(19)21/h1-2,6-9,12,14-15,22-24H,3-5,10-11,13H2. The molecule has 1 unspecified atom stereocenters. The first-order chi connectivity index (χ1) is 12.8. The molecule has 0 fully saturated rings. The van der Waals surface area contributed by atoms with Gasteiger partial charge < -0.3 is 9.72 Å². The first-order valence-electron chi connectivity index (χ1n) is 9.31. The Balaban J connectivity index is 1.37. The number of aryl methyl sites for hydroxylation is 2. The van der Waals surface area contributed by atoms with Crippen LogP contribution in [-0.2, 0) is 35.2 Å². The normalized spacial score (nSPS) is 14.3. The Hall–Kier alpha value is -2.59. The molecule has 26 heavy (non-hydrogen) atoms. The maximum atomic E-state index is 10.9. The topological polar surface area (TPSA) is 54.1 Å². The average Bonchev–Trinajstić information content (AvgIpc) is 3.28. The molecule has 2 aromatic carbocycles. The van der Waals surface area contributed by atoms with Gasteiger partial charge in [0.15, 0.2) is 6.23 Å². The van der Waals surface area contributed by atoms with Crippen molar-refractivity contribution in [1.82, 2.24) is 10.3 Å². The number of nitrogens with one attached hydrogen (secondary N) is 2. The predicted molar refractivity (Wildman–Crippen MR) is 103 cm³/mol. The number of carbonyl (C=O) groups excluding carboxylic acids is 1. The maximum Gasteiger partial charge on any atom is 0.294 e. The fourth-order valence-corrected chi connectivity index (χ4v) is 3.91. The van der Waals surface area contributed by atoms with Gasteiger partial charge in [-0.15, -0.1) is 0 Å². The van der Waals surface area contributed by atoms with Gasteiger partial charge in [0.25, 0.3) is 6.47 Å². The minimum Gasteiger partial charge on any atom is -0.448 e. The summed E-state index contributed by atoms with van der Waals surface area (Å²) in [4.78, 5) is 14.2. The van der Waals surface area contributed by atoms with Crippen LogP contribution in [0.15, 0.2) is 48.7 Å². The van der Waals surface area contributed by atoms with Crippen LogP contribution in [0.1, 0.15) is 28.7 Å². The molecule has 0 spiro atoms. The van der Waals surface area contributed by atoms with Crippen LogP contribution in [0.3, 0.4) is 0 Å². The van der Waals surface area contributed by atoms with Crippen LogP contribution in [0, 0.1) is 0 Å². The van der Waals surface area contributed by atoms with Gasteiger partial charge in [-0.25, -0.2) is 0 Å². The number of benzene rings is 2. The molecule has 0 aliphatic heterocycles. The van der Waals surface area contributed by atoms with Gasteiger partial charge in [-0.05, 0) is 54.0 Å². The van der Waals surface area contributed by atoms with Crippen LogP contribution in [0.2, 0.25) is 0 Å². The van der Waals surface area contributed by atoms with E-state index in [2.05, 4.69) is 52.9 Å². The smallest absolute Gasteiger partial charge is 0.294 e. The summed E-state index contributed by atoms with van der Waals surface area (Å²) in [6.45, 7) is 1.29. The number of ether oxygens (including phenoxy) is 1. The number of aromatic amines is 1. The van der Waals surface area contributed by atoms with E-state index in [1.807, 2.05) is 6.07 Å². The first-order valence-corrected chi connectivity index (χ1v) is 9.31. The lowest BCUT2D eigenvalue weighted by molar-refractivity contribution is -0.134. The van der Waals surface area contributed by atoms with Crippen LogP contribution < -0.4 is 5.32 Å². The van der Waals surface area contributed by atoms with E-state index in [1.165, 1.54) is 40.5 Å². The minimum absolute atomic E-state index is 0.294. The number of aromatic nitrogens is 1. The Morgan fingerprint density at radius 1 is 1.15 bits per heavy atom. The zero-order chi connectivity index (χ0) is 17.8. The van der Waals surface area contributed by atoms with E-state index in [0.717, 1.165) is 24.9 Å². The summed E-state index contributed by atoms with van der Waals surface area (Å²) in [6, 6.07) is 15.0. The summed E-state index contributed by atoms with van der Waals surface area (Å²) in [7, 11) is 0. The van der Waals surface area contributed by atoms with E-state index in [9.17, 15) is 4.79 Å². The Labute approximate surface area is 153 Å². The van der Waals surface area contributed by atoms with Crippen molar-refractivity contribution in [2.75, 3.05) is 6.54 Å². The molecule has 1 atom stereocenters. The molecule has 4 nitrogen and oxygen atoms in total. The van der Waals surface area contributed by atoms with E-state index in [1.54, 1.807) is 0 Å². The molecule has 134 valence electrons. The van der Waals surface area contributed by atoms with E-state index >= 15 is 0 Å². The number of rotatable bonds is 8. The van der Waals surface area contributed by atoms with Crippen LogP contribution in [0.4, 0.5) is 0 Å². The molecular formula is C22H24N2O2. The van der Waals surface area contributed by atoms with Crippen molar-refractivity contribution in [2.24, 2.45) is 0 Å². The molecule has 1 aliphatic carbocycles. The van der Waals surface area contributed by atoms with Gasteiger partial charge in [0.05, 0.1) is 0 Å². The van der Waals surface area contributed by atoms with Gasteiger partial charge in [-0.1, -0.05) is 36.4 Å². The number of H-pyrrole nitrogens is 1. The fourth-order valence-electron chi connectivity index (χ4n) is 3.91. The lowest BCUT2D eigenvalue weighted by Crippen LogP contribution is -2.35. The second-order valence-electron chi connectivity index (χ2n) is 6.95. The fraction of sp³-hybridized carbons (Fsp3) is 0.318. The van der Waals surface area contributed by atoms with E-state index in [-0.39, 0.29) is 6.23 Å². The summed E-state index contributed by atoms with van der Waals surface area (Å²) in [5.74, 6) is 0. The summed E-state index contributed by atoms with van der Waals surface area (Å²) in [5.41, 5.74) is 6.56. The highest BCUT2D eigenvalue weighted by Gasteiger charge is 2.14. The molecule has 0 saturated carbocycles. The summed E-state index contributed by atoms with van der Waals surface area (Å²) < 4.78 is 5.27. The maximum absolute atomic E-state index is 10.9. The summed E-state index contributed by atoms with van der Waals surface area (Å²) in [5, 5.41) is 4.62. The Morgan fingerprint density at radius 2 is 2.04 bits per heavy atom. The molecule has 3 aromatic rings. The second kappa shape index (κ2) is 7.75. The molecule has 1 aliphatic rings. The molecular weight excluding hydrogens is 324 g/mol. The van der Waals surface area contributed by atoms with Crippen LogP contribution in [-0.4, -0.2) is 24.2 Å². The largest absolute Gasteiger partial charge is 0.448 e. The van der Waals surface area contributed by atoms with Crippen molar-refractivity contribution in [2.45, 2.75) is 38.3 Å². The highest BCUT2D eigenvalue weighted by molar-refractivity contribution is 5.83. The van der Waals surface area contributed by atoms with Crippen LogP contribution in [0.25, 0.3) is 10.9 Å². The van der Waals surface area contributed by atoms with Gasteiger partial charge in [-0.3, -0.25) is 10.1 Å². The third-order valence-corrected chi connectivity index (χ3v) is 5.25. The van der Waals surface area contributed by atoms with Crippen molar-refractivity contribution < 1.29 is 9.53 Å². The SMILES string of the molecule is O=COC(Cc1ccc2c(c1)CCC2)NCCc1c[nH]c2ccccc12. The van der Waals surface area contributed by atoms with Gasteiger partial charge in [-0.2, -0.15) is 0 Å². The van der Waals surface area contributed by atoms with Gasteiger partial charge in [0.1, 0.15) is 0 Å². The van der Waals surface area contributed by atoms with Crippen LogP contribution >= 0.6 is 0 Å². The first kappa shape index (κ1) is 16.9. The quantitative estimate of drug-likeness (QED) is 0.484. The third kappa shape index (κ3) is 3.65. The Morgan fingerprint density at radius 3 is 2.96 bits per heavy atom. The van der Waals surface area contributed by atoms with Gasteiger partial charge in [0, 0.05) is 30.1 Å². The highest BCUT2D eigenvalue weighted by atomic mass is 16.5. The molecule has 0 radical (unpaired) electrons. The van der Waals surface area contributed by atoms with Gasteiger partial charge in [0.2, 0.25) is 0 Å². The number of hydrogen-bond donors (Lipinski definition) is 2. The van der Waals surface area contributed by atoms with Crippen LogP contribution in [0.5, 0.6) is 0 Å². The van der Waals surface area contributed by atoms with Crippen molar-refractivity contribution in [1.29, 1.82) is 0 Å². The molecule has 1 aromatic heterocycles. The number of fused-ring (bicyclic) bond motifs is 2. The lowest BCUT2D eigenvalue weighted by Gasteiger charge is -2.17. The zero-order valence-corrected chi connectivity index (χ0v) is 14.8. The molecule has 4 rings (SSSR count). The summed E-state index contributed by atoms with van der Waals surface area (Å²) in [6.07, 6.45) is 6.94. The number of carbonyl (C=O) groups is 1. The molecule has 0 amide bonds. The van der Waals surface area contributed by atoms with Crippen molar-refractivity contribution >= 4 is 17.4 Å². The summed E-state index contributed by atoms with van der Waals surface area (Å²) >= 11 is 0. The molecule has 2 N–H and O–H groups in total. The van der Waals surface area contributed by atoms with Crippen molar-refractivity contribution in [3.05, 3.63) is 70.9 Å². The van der Waals surface area contributed by atoms with E-state index in [4.69, 9.17) is 4.74 Å².